The molecule has 18 heavy (non-hydrogen) atoms. The zero-order valence-corrected chi connectivity index (χ0v) is 11.0. The third-order valence-electron chi connectivity index (χ3n) is 2.06. The highest BCUT2D eigenvalue weighted by Crippen LogP contribution is 2.09. The van der Waals surface area contributed by atoms with Crippen LogP contribution in [0.4, 0.5) is 10.5 Å². The number of pyridine rings is 1. The van der Waals surface area contributed by atoms with Crippen molar-refractivity contribution in [2.45, 2.75) is 19.9 Å². The molecule has 3 amide bonds. The Morgan fingerprint density at radius 2 is 2.00 bits per heavy atom. The van der Waals surface area contributed by atoms with Crippen LogP contribution >= 0.6 is 0 Å². The summed E-state index contributed by atoms with van der Waals surface area (Å²) >= 11 is 0. The van der Waals surface area contributed by atoms with E-state index < -0.39 is 0 Å². The summed E-state index contributed by atoms with van der Waals surface area (Å²) in [7, 11) is 3.30. The molecule has 2 N–H and O–H groups in total. The molecule has 98 valence electrons. The number of urea groups is 1. The fraction of sp³-hybridized carbons (Fsp3) is 0.417. The first kappa shape index (κ1) is 14.0. The van der Waals surface area contributed by atoms with E-state index in [4.69, 9.17) is 0 Å². The van der Waals surface area contributed by atoms with Crippen LogP contribution in [-0.4, -0.2) is 42.0 Å². The fourth-order valence-electron chi connectivity index (χ4n) is 1.28. The maximum Gasteiger partial charge on any atom is 0.319 e. The van der Waals surface area contributed by atoms with E-state index in [2.05, 4.69) is 15.6 Å². The van der Waals surface area contributed by atoms with Gasteiger partial charge < -0.3 is 15.5 Å². The van der Waals surface area contributed by atoms with Gasteiger partial charge in [0.05, 0.1) is 0 Å². The highest BCUT2D eigenvalue weighted by atomic mass is 16.2. The molecule has 0 fully saturated rings. The molecule has 1 aromatic rings. The number of rotatable bonds is 3. The van der Waals surface area contributed by atoms with Crippen LogP contribution in [0.1, 0.15) is 24.3 Å². The van der Waals surface area contributed by atoms with E-state index >= 15 is 0 Å². The number of hydrogen-bond acceptors (Lipinski definition) is 3. The van der Waals surface area contributed by atoms with Gasteiger partial charge in [-0.2, -0.15) is 0 Å². The molecular weight excluding hydrogens is 232 g/mol. The number of carbonyl (C=O) groups excluding carboxylic acids is 2. The van der Waals surface area contributed by atoms with Gasteiger partial charge in [-0.15, -0.1) is 0 Å². The van der Waals surface area contributed by atoms with Gasteiger partial charge in [0.25, 0.3) is 5.91 Å². The zero-order chi connectivity index (χ0) is 13.7. The Kier molecular flexibility index (Phi) is 4.65. The molecule has 0 atom stereocenters. The predicted molar refractivity (Wildman–Crippen MR) is 69.5 cm³/mol. The van der Waals surface area contributed by atoms with Gasteiger partial charge in [-0.1, -0.05) is 0 Å². The van der Waals surface area contributed by atoms with Crippen molar-refractivity contribution in [1.82, 2.24) is 15.2 Å². The minimum Gasteiger partial charge on any atom is -0.343 e. The number of anilines is 1. The highest BCUT2D eigenvalue weighted by Gasteiger charge is 2.11. The molecule has 0 aliphatic rings. The fourth-order valence-corrected chi connectivity index (χ4v) is 1.28. The molecule has 0 aliphatic heterocycles. The van der Waals surface area contributed by atoms with Crippen LogP contribution in [-0.2, 0) is 0 Å². The molecule has 0 spiro atoms. The minimum atomic E-state index is -0.306. The summed E-state index contributed by atoms with van der Waals surface area (Å²) in [5, 5.41) is 5.34. The van der Waals surface area contributed by atoms with E-state index in [0.29, 0.717) is 11.4 Å². The number of nitrogens with zero attached hydrogens (tertiary/aromatic N) is 2. The Labute approximate surface area is 106 Å². The first-order valence-electron chi connectivity index (χ1n) is 5.65. The second kappa shape index (κ2) is 6.00. The minimum absolute atomic E-state index is 0.0507. The lowest BCUT2D eigenvalue weighted by atomic mass is 10.3. The van der Waals surface area contributed by atoms with Gasteiger partial charge in [0.1, 0.15) is 5.69 Å². The molecule has 1 rings (SSSR count). The van der Waals surface area contributed by atoms with E-state index in [9.17, 15) is 9.59 Å². The van der Waals surface area contributed by atoms with Crippen LogP contribution in [0.3, 0.4) is 0 Å². The number of nitrogens with one attached hydrogen (secondary N) is 2. The van der Waals surface area contributed by atoms with Crippen molar-refractivity contribution in [2.24, 2.45) is 0 Å². The number of hydrogen-bond donors (Lipinski definition) is 2. The Morgan fingerprint density at radius 3 is 2.56 bits per heavy atom. The monoisotopic (exact) mass is 250 g/mol. The average Bonchev–Trinajstić information content (AvgIpc) is 2.26. The van der Waals surface area contributed by atoms with Gasteiger partial charge in [0.2, 0.25) is 0 Å². The molecule has 0 unspecified atom stereocenters. The topological polar surface area (TPSA) is 74.3 Å². The van der Waals surface area contributed by atoms with E-state index in [1.807, 2.05) is 13.8 Å². The SMILES string of the molecule is CC(C)NC(=O)Nc1ccnc(C(=O)N(C)C)c1. The van der Waals surface area contributed by atoms with E-state index in [1.54, 1.807) is 26.2 Å². The van der Waals surface area contributed by atoms with E-state index in [0.717, 1.165) is 0 Å². The Bertz CT molecular complexity index is 443. The lowest BCUT2D eigenvalue weighted by molar-refractivity contribution is 0.0822. The molecule has 1 aromatic heterocycles. The van der Waals surface area contributed by atoms with Crippen molar-refractivity contribution in [3.63, 3.8) is 0 Å². The quantitative estimate of drug-likeness (QED) is 0.849. The van der Waals surface area contributed by atoms with Crippen molar-refractivity contribution in [1.29, 1.82) is 0 Å². The van der Waals surface area contributed by atoms with Gasteiger partial charge in [-0.25, -0.2) is 4.79 Å². The Hall–Kier alpha value is -2.11. The highest BCUT2D eigenvalue weighted by molar-refractivity contribution is 5.95. The average molecular weight is 250 g/mol. The molecule has 6 nitrogen and oxygen atoms in total. The molecule has 1 heterocycles. The number of aromatic nitrogens is 1. The standard InChI is InChI=1S/C12H18N4O2/c1-8(2)14-12(18)15-9-5-6-13-10(7-9)11(17)16(3)4/h5-8H,1-4H3,(H2,13,14,15,18). The van der Waals surface area contributed by atoms with Crippen molar-refractivity contribution < 1.29 is 9.59 Å². The maximum absolute atomic E-state index is 11.7. The largest absolute Gasteiger partial charge is 0.343 e. The van der Waals surface area contributed by atoms with Gasteiger partial charge in [0, 0.05) is 32.0 Å². The van der Waals surface area contributed by atoms with Crippen molar-refractivity contribution >= 4 is 17.6 Å². The molecule has 0 saturated heterocycles. The molecule has 0 saturated carbocycles. The molecule has 0 aromatic carbocycles. The molecule has 0 bridgehead atoms. The van der Waals surface area contributed by atoms with Crippen LogP contribution in [0.15, 0.2) is 18.3 Å². The molecule has 6 heteroatoms. The zero-order valence-electron chi connectivity index (χ0n) is 11.0. The summed E-state index contributed by atoms with van der Waals surface area (Å²) in [6, 6.07) is 2.92. The Morgan fingerprint density at radius 1 is 1.33 bits per heavy atom. The summed E-state index contributed by atoms with van der Waals surface area (Å²) in [6.45, 7) is 3.74. The van der Waals surface area contributed by atoms with E-state index in [1.165, 1.54) is 11.1 Å². The summed E-state index contributed by atoms with van der Waals surface area (Å²) < 4.78 is 0. The summed E-state index contributed by atoms with van der Waals surface area (Å²) in [5.74, 6) is -0.206. The lowest BCUT2D eigenvalue weighted by Gasteiger charge is -2.12. The van der Waals surface area contributed by atoms with Crippen LogP contribution in [0, 0.1) is 0 Å². The maximum atomic E-state index is 11.7. The Balaban J connectivity index is 2.77. The summed E-state index contributed by atoms with van der Waals surface area (Å²) in [4.78, 5) is 28.6. The van der Waals surface area contributed by atoms with Gasteiger partial charge in [-0.05, 0) is 26.0 Å². The van der Waals surface area contributed by atoms with Crippen molar-refractivity contribution in [3.05, 3.63) is 24.0 Å². The molecule has 0 radical (unpaired) electrons. The van der Waals surface area contributed by atoms with Gasteiger partial charge in [-0.3, -0.25) is 9.78 Å². The normalized spacial score (nSPS) is 10.1. The summed E-state index contributed by atoms with van der Waals surface area (Å²) in [6.07, 6.45) is 1.49. The predicted octanol–water partition coefficient (Wildman–Crippen LogP) is 1.31. The van der Waals surface area contributed by atoms with Gasteiger partial charge in [0.15, 0.2) is 0 Å². The van der Waals surface area contributed by atoms with Crippen LogP contribution < -0.4 is 10.6 Å². The van der Waals surface area contributed by atoms with E-state index in [-0.39, 0.29) is 18.0 Å². The lowest BCUT2D eigenvalue weighted by Crippen LogP contribution is -2.34. The third-order valence-corrected chi connectivity index (χ3v) is 2.06. The first-order valence-corrected chi connectivity index (χ1v) is 5.65. The van der Waals surface area contributed by atoms with Crippen LogP contribution in [0.5, 0.6) is 0 Å². The van der Waals surface area contributed by atoms with Crippen molar-refractivity contribution in [3.8, 4) is 0 Å². The second-order valence-electron chi connectivity index (χ2n) is 4.38. The summed E-state index contributed by atoms with van der Waals surface area (Å²) in [5.41, 5.74) is 0.829. The van der Waals surface area contributed by atoms with Crippen LogP contribution in [0.25, 0.3) is 0 Å². The number of carbonyl (C=O) groups is 2. The van der Waals surface area contributed by atoms with Crippen molar-refractivity contribution in [2.75, 3.05) is 19.4 Å². The van der Waals surface area contributed by atoms with Gasteiger partial charge >= 0.3 is 6.03 Å². The van der Waals surface area contributed by atoms with Crippen LogP contribution in [0.2, 0.25) is 0 Å². The number of amides is 3. The third kappa shape index (κ3) is 4.04. The first-order chi connectivity index (χ1) is 8.40. The molecule has 0 aliphatic carbocycles. The smallest absolute Gasteiger partial charge is 0.319 e. The second-order valence-corrected chi connectivity index (χ2v) is 4.38. The molecular formula is C12H18N4O2.